The molecular formula is C13H16N2O2S. The van der Waals surface area contributed by atoms with Crippen molar-refractivity contribution in [1.29, 1.82) is 0 Å². The van der Waals surface area contributed by atoms with Crippen molar-refractivity contribution in [2.24, 2.45) is 0 Å². The van der Waals surface area contributed by atoms with Crippen LogP contribution < -0.4 is 5.73 Å². The fourth-order valence-corrected chi connectivity index (χ4v) is 3.53. The molecule has 0 bridgehead atoms. The Balaban J connectivity index is 2.80. The second-order valence-electron chi connectivity index (χ2n) is 4.34. The maximum atomic E-state index is 12.2. The Bertz CT molecular complexity index is 693. The van der Waals surface area contributed by atoms with E-state index in [0.717, 1.165) is 5.69 Å². The van der Waals surface area contributed by atoms with Crippen molar-refractivity contribution < 1.29 is 8.42 Å². The highest BCUT2D eigenvalue weighted by molar-refractivity contribution is 7.91. The molecule has 0 fully saturated rings. The van der Waals surface area contributed by atoms with Gasteiger partial charge in [0, 0.05) is 28.4 Å². The first-order valence-electron chi connectivity index (χ1n) is 5.83. The van der Waals surface area contributed by atoms with Crippen molar-refractivity contribution in [2.45, 2.75) is 25.2 Å². The number of benzene rings is 1. The molecule has 2 N–H and O–H groups in total. The van der Waals surface area contributed by atoms with E-state index in [1.54, 1.807) is 24.4 Å². The normalized spacial score (nSPS) is 11.9. The first-order chi connectivity index (χ1) is 8.45. The van der Waals surface area contributed by atoms with Crippen LogP contribution in [-0.2, 0) is 9.84 Å². The highest BCUT2D eigenvalue weighted by Crippen LogP contribution is 2.28. The minimum atomic E-state index is -3.25. The van der Waals surface area contributed by atoms with Gasteiger partial charge in [-0.2, -0.15) is 0 Å². The molecule has 96 valence electrons. The summed E-state index contributed by atoms with van der Waals surface area (Å²) in [7, 11) is -3.25. The molecule has 2 rings (SSSR count). The average Bonchev–Trinajstić information content (AvgIpc) is 2.28. The number of hydrogen-bond acceptors (Lipinski definition) is 4. The van der Waals surface area contributed by atoms with E-state index in [9.17, 15) is 8.42 Å². The van der Waals surface area contributed by atoms with Gasteiger partial charge in [0.2, 0.25) is 0 Å². The van der Waals surface area contributed by atoms with E-state index in [2.05, 4.69) is 4.98 Å². The van der Waals surface area contributed by atoms with Crippen molar-refractivity contribution in [1.82, 2.24) is 4.98 Å². The molecular weight excluding hydrogens is 248 g/mol. The maximum absolute atomic E-state index is 12.2. The summed E-state index contributed by atoms with van der Waals surface area (Å²) in [6.07, 6.45) is 2.23. The first-order valence-corrected chi connectivity index (χ1v) is 7.48. The molecule has 0 saturated carbocycles. The highest BCUT2D eigenvalue weighted by Gasteiger charge is 2.17. The number of rotatable bonds is 3. The second-order valence-corrected chi connectivity index (χ2v) is 6.42. The van der Waals surface area contributed by atoms with Crippen LogP contribution in [0.5, 0.6) is 0 Å². The van der Waals surface area contributed by atoms with Crippen molar-refractivity contribution in [3.63, 3.8) is 0 Å². The minimum absolute atomic E-state index is 0.146. The predicted octanol–water partition coefficient (Wildman–Crippen LogP) is 2.31. The predicted molar refractivity (Wildman–Crippen MR) is 73.2 cm³/mol. The standard InChI is InChI=1S/C13H16N2O2S/c1-3-6-18(16,17)13-5-4-12(14)11-8-15-9(2)7-10(11)13/h4-5,7-8H,3,6,14H2,1-2H3. The van der Waals surface area contributed by atoms with Crippen molar-refractivity contribution in [2.75, 3.05) is 11.5 Å². The van der Waals surface area contributed by atoms with Crippen LogP contribution in [0.4, 0.5) is 5.69 Å². The van der Waals surface area contributed by atoms with Crippen LogP contribution in [0.3, 0.4) is 0 Å². The Morgan fingerprint density at radius 1 is 1.28 bits per heavy atom. The van der Waals surface area contributed by atoms with Crippen molar-refractivity contribution in [3.8, 4) is 0 Å². The summed E-state index contributed by atoms with van der Waals surface area (Å²) >= 11 is 0. The third-order valence-electron chi connectivity index (χ3n) is 2.84. The van der Waals surface area contributed by atoms with E-state index < -0.39 is 9.84 Å². The molecule has 0 aliphatic carbocycles. The van der Waals surface area contributed by atoms with Crippen LogP contribution >= 0.6 is 0 Å². The topological polar surface area (TPSA) is 73.0 Å². The molecule has 0 unspecified atom stereocenters. The van der Waals surface area contributed by atoms with Crippen LogP contribution in [0.2, 0.25) is 0 Å². The summed E-state index contributed by atoms with van der Waals surface area (Å²) in [6, 6.07) is 4.98. The van der Waals surface area contributed by atoms with Gasteiger partial charge in [0.05, 0.1) is 10.6 Å². The Morgan fingerprint density at radius 2 is 2.00 bits per heavy atom. The van der Waals surface area contributed by atoms with Gasteiger partial charge >= 0.3 is 0 Å². The molecule has 5 heteroatoms. The van der Waals surface area contributed by atoms with E-state index in [1.165, 1.54) is 0 Å². The summed E-state index contributed by atoms with van der Waals surface area (Å²) in [6.45, 7) is 3.68. The third-order valence-corrected chi connectivity index (χ3v) is 4.81. The Kier molecular flexibility index (Phi) is 3.26. The van der Waals surface area contributed by atoms with E-state index in [-0.39, 0.29) is 5.75 Å². The number of aromatic nitrogens is 1. The van der Waals surface area contributed by atoms with Crippen LogP contribution in [0.15, 0.2) is 29.3 Å². The minimum Gasteiger partial charge on any atom is -0.398 e. The van der Waals surface area contributed by atoms with Gasteiger partial charge in [0.15, 0.2) is 9.84 Å². The molecule has 1 aromatic carbocycles. The lowest BCUT2D eigenvalue weighted by atomic mass is 10.1. The zero-order valence-electron chi connectivity index (χ0n) is 10.5. The Morgan fingerprint density at radius 3 is 2.67 bits per heavy atom. The molecule has 0 radical (unpaired) electrons. The Labute approximate surface area is 107 Å². The smallest absolute Gasteiger partial charge is 0.178 e. The number of hydrogen-bond donors (Lipinski definition) is 1. The van der Waals surface area contributed by atoms with Gasteiger partial charge in [-0.05, 0) is 31.5 Å². The molecule has 1 heterocycles. The van der Waals surface area contributed by atoms with E-state index in [4.69, 9.17) is 5.73 Å². The SMILES string of the molecule is CCCS(=O)(=O)c1ccc(N)c2cnc(C)cc12. The fraction of sp³-hybridized carbons (Fsp3) is 0.308. The number of pyridine rings is 1. The number of sulfone groups is 1. The highest BCUT2D eigenvalue weighted by atomic mass is 32.2. The lowest BCUT2D eigenvalue weighted by molar-refractivity contribution is 0.595. The fourth-order valence-electron chi connectivity index (χ4n) is 1.99. The number of nitrogens with two attached hydrogens (primary N) is 1. The largest absolute Gasteiger partial charge is 0.398 e. The molecule has 0 spiro atoms. The number of aryl methyl sites for hydroxylation is 1. The number of anilines is 1. The van der Waals surface area contributed by atoms with Gasteiger partial charge in [-0.3, -0.25) is 4.98 Å². The van der Waals surface area contributed by atoms with Crippen LogP contribution in [0.25, 0.3) is 10.8 Å². The zero-order valence-corrected chi connectivity index (χ0v) is 11.3. The van der Waals surface area contributed by atoms with Crippen LogP contribution in [0, 0.1) is 6.92 Å². The third kappa shape index (κ3) is 2.18. The molecule has 0 aliphatic rings. The number of nitrogen functional groups attached to an aromatic ring is 1. The molecule has 0 saturated heterocycles. The van der Waals surface area contributed by atoms with Gasteiger partial charge in [0.25, 0.3) is 0 Å². The lowest BCUT2D eigenvalue weighted by Gasteiger charge is -2.09. The monoisotopic (exact) mass is 264 g/mol. The summed E-state index contributed by atoms with van der Waals surface area (Å²) in [4.78, 5) is 4.51. The second kappa shape index (κ2) is 4.57. The number of fused-ring (bicyclic) bond motifs is 1. The summed E-state index contributed by atoms with van der Waals surface area (Å²) in [5.41, 5.74) is 7.19. The average molecular weight is 264 g/mol. The molecule has 18 heavy (non-hydrogen) atoms. The zero-order chi connectivity index (χ0) is 13.3. The lowest BCUT2D eigenvalue weighted by Crippen LogP contribution is -2.07. The van der Waals surface area contributed by atoms with Gasteiger partial charge in [-0.1, -0.05) is 6.92 Å². The molecule has 0 aliphatic heterocycles. The molecule has 0 atom stereocenters. The van der Waals surface area contributed by atoms with E-state index in [0.29, 0.717) is 27.8 Å². The summed E-state index contributed by atoms with van der Waals surface area (Å²) in [5.74, 6) is 0.146. The van der Waals surface area contributed by atoms with Gasteiger partial charge in [-0.15, -0.1) is 0 Å². The van der Waals surface area contributed by atoms with Gasteiger partial charge < -0.3 is 5.73 Å². The van der Waals surface area contributed by atoms with Gasteiger partial charge in [0.1, 0.15) is 0 Å². The first kappa shape index (κ1) is 12.8. The summed E-state index contributed by atoms with van der Waals surface area (Å²) < 4.78 is 24.4. The molecule has 4 nitrogen and oxygen atoms in total. The molecule has 2 aromatic rings. The van der Waals surface area contributed by atoms with Crippen LogP contribution in [0.1, 0.15) is 19.0 Å². The van der Waals surface area contributed by atoms with Crippen LogP contribution in [-0.4, -0.2) is 19.2 Å². The molecule has 1 aromatic heterocycles. The van der Waals surface area contributed by atoms with Gasteiger partial charge in [-0.25, -0.2) is 8.42 Å². The van der Waals surface area contributed by atoms with Crippen molar-refractivity contribution >= 4 is 26.3 Å². The van der Waals surface area contributed by atoms with E-state index in [1.807, 2.05) is 13.8 Å². The number of nitrogens with zero attached hydrogens (tertiary/aromatic N) is 1. The van der Waals surface area contributed by atoms with E-state index >= 15 is 0 Å². The maximum Gasteiger partial charge on any atom is 0.178 e. The quantitative estimate of drug-likeness (QED) is 0.863. The molecule has 0 amide bonds. The van der Waals surface area contributed by atoms with Crippen molar-refractivity contribution in [3.05, 3.63) is 30.1 Å². The Hall–Kier alpha value is -1.62. The summed E-state index contributed by atoms with van der Waals surface area (Å²) in [5, 5.41) is 1.36.